The lowest BCUT2D eigenvalue weighted by Gasteiger charge is -2.21. The van der Waals surface area contributed by atoms with Crippen molar-refractivity contribution in [1.29, 1.82) is 0 Å². The van der Waals surface area contributed by atoms with E-state index in [4.69, 9.17) is 25.5 Å². The summed E-state index contributed by atoms with van der Waals surface area (Å²) in [5.74, 6) is 7.87. The minimum absolute atomic E-state index is 0.197. The Labute approximate surface area is 204 Å². The highest BCUT2D eigenvalue weighted by Gasteiger charge is 2.37. The van der Waals surface area contributed by atoms with Gasteiger partial charge in [-0.2, -0.15) is 0 Å². The van der Waals surface area contributed by atoms with Gasteiger partial charge >= 0.3 is 5.97 Å². The largest absolute Gasteiger partial charge is 0.458 e. The van der Waals surface area contributed by atoms with Crippen LogP contribution < -0.4 is 0 Å². The van der Waals surface area contributed by atoms with Crippen molar-refractivity contribution >= 4 is 28.7 Å². The Kier molecular flexibility index (Phi) is 7.86. The summed E-state index contributed by atoms with van der Waals surface area (Å²) in [6.45, 7) is 5.87. The van der Waals surface area contributed by atoms with Gasteiger partial charge in [0.1, 0.15) is 17.4 Å². The number of nitrogens with zero attached hydrogens (tertiary/aromatic N) is 4. The van der Waals surface area contributed by atoms with Gasteiger partial charge in [0.15, 0.2) is 28.6 Å². The molecule has 1 fully saturated rings. The second-order valence-electron chi connectivity index (χ2n) is 8.39. The zero-order valence-electron chi connectivity index (χ0n) is 19.8. The molecule has 0 amide bonds. The fourth-order valence-electron chi connectivity index (χ4n) is 4.05. The fourth-order valence-corrected chi connectivity index (χ4v) is 4.26. The number of unbranched alkanes of at least 4 members (excludes halogenated alkanes) is 5. The van der Waals surface area contributed by atoms with Gasteiger partial charge in [0.2, 0.25) is 5.82 Å². The predicted molar refractivity (Wildman–Crippen MR) is 128 cm³/mol. The molecule has 0 aliphatic carbocycles. The molecular formula is C25H29ClN4O4. The van der Waals surface area contributed by atoms with Gasteiger partial charge in [0, 0.05) is 19.8 Å². The van der Waals surface area contributed by atoms with Crippen molar-refractivity contribution < 1.29 is 18.7 Å². The van der Waals surface area contributed by atoms with E-state index in [1.807, 2.05) is 19.1 Å². The minimum Gasteiger partial charge on any atom is -0.458 e. The predicted octanol–water partition coefficient (Wildman–Crippen LogP) is 5.61. The zero-order chi connectivity index (χ0) is 24.1. The highest BCUT2D eigenvalue weighted by atomic mass is 35.5. The third-order valence-electron chi connectivity index (χ3n) is 5.64. The van der Waals surface area contributed by atoms with Crippen LogP contribution in [0.1, 0.15) is 76.6 Å². The summed E-state index contributed by atoms with van der Waals surface area (Å²) in [6.07, 6.45) is 6.13. The maximum Gasteiger partial charge on any atom is 0.303 e. The molecule has 0 bridgehead atoms. The third-order valence-corrected chi connectivity index (χ3v) is 5.91. The van der Waals surface area contributed by atoms with Crippen LogP contribution in [-0.4, -0.2) is 38.2 Å². The quantitative estimate of drug-likeness (QED) is 0.177. The molecule has 0 spiro atoms. The molecule has 0 unspecified atom stereocenters. The molecule has 0 saturated carbocycles. The first-order valence-electron chi connectivity index (χ1n) is 11.8. The summed E-state index contributed by atoms with van der Waals surface area (Å²) in [5, 5.41) is 0.197. The van der Waals surface area contributed by atoms with Gasteiger partial charge in [-0.15, -0.1) is 0 Å². The van der Waals surface area contributed by atoms with Crippen LogP contribution in [0.3, 0.4) is 0 Å². The maximum atomic E-state index is 11.7. The average Bonchev–Trinajstić information content (AvgIpc) is 3.51. The standard InChI is InChI=1S/C25H29ClN4O4/c1-4-5-6-7-8-9-10-11-20-27-22(26)21-24(28-20)30(23(29-21)18-13-12-16(2)33-18)25-19(14-15-32-25)34-17(3)31/h12-13,19,25H,4-9,14-15H2,1-3H3/t19-,25-/m1/s1. The smallest absolute Gasteiger partial charge is 0.303 e. The van der Waals surface area contributed by atoms with Crippen LogP contribution in [0.25, 0.3) is 22.7 Å². The maximum absolute atomic E-state index is 11.7. The summed E-state index contributed by atoms with van der Waals surface area (Å²) in [4.78, 5) is 25.4. The molecule has 1 saturated heterocycles. The molecule has 0 radical (unpaired) electrons. The first kappa shape index (κ1) is 24.2. The number of halogens is 1. The molecule has 3 aromatic rings. The Morgan fingerprint density at radius 1 is 1.24 bits per heavy atom. The molecule has 0 aromatic carbocycles. The minimum atomic E-state index is -0.625. The lowest BCUT2D eigenvalue weighted by Crippen LogP contribution is -2.25. The topological polar surface area (TPSA) is 92.3 Å². The van der Waals surface area contributed by atoms with Crippen LogP contribution in [0.4, 0.5) is 0 Å². The van der Waals surface area contributed by atoms with E-state index in [1.54, 1.807) is 4.57 Å². The molecule has 2 atom stereocenters. The van der Waals surface area contributed by atoms with E-state index in [0.717, 1.165) is 18.6 Å². The molecule has 34 heavy (non-hydrogen) atoms. The van der Waals surface area contributed by atoms with Crippen molar-refractivity contribution in [2.45, 2.75) is 78.0 Å². The number of carbonyl (C=O) groups is 1. The number of hydrogen-bond donors (Lipinski definition) is 0. The number of aromatic nitrogens is 4. The van der Waals surface area contributed by atoms with Gasteiger partial charge in [-0.05, 0) is 31.4 Å². The van der Waals surface area contributed by atoms with E-state index in [0.29, 0.717) is 41.6 Å². The zero-order valence-corrected chi connectivity index (χ0v) is 20.5. The van der Waals surface area contributed by atoms with Crippen molar-refractivity contribution in [3.05, 3.63) is 28.9 Å². The van der Waals surface area contributed by atoms with Crippen molar-refractivity contribution in [3.63, 3.8) is 0 Å². The SMILES string of the molecule is CCCCCCCC#Cc1nc(Cl)c2nc(-c3ccc(C)o3)n([C@@H]3OCC[C@H]3OC(C)=O)c2n1. The second kappa shape index (κ2) is 11.0. The number of carbonyl (C=O) groups excluding carboxylic acids is 1. The molecule has 180 valence electrons. The number of imidazole rings is 1. The van der Waals surface area contributed by atoms with Gasteiger partial charge in [-0.1, -0.05) is 50.1 Å². The van der Waals surface area contributed by atoms with Crippen molar-refractivity contribution in [1.82, 2.24) is 19.5 Å². The van der Waals surface area contributed by atoms with Gasteiger partial charge in [0.05, 0.1) is 6.61 Å². The van der Waals surface area contributed by atoms with Crippen LogP contribution in [0.5, 0.6) is 0 Å². The number of esters is 1. The first-order valence-corrected chi connectivity index (χ1v) is 12.2. The monoisotopic (exact) mass is 484 g/mol. The van der Waals surface area contributed by atoms with E-state index in [-0.39, 0.29) is 11.1 Å². The van der Waals surface area contributed by atoms with E-state index in [2.05, 4.69) is 33.7 Å². The number of fused-ring (bicyclic) bond motifs is 1. The van der Waals surface area contributed by atoms with E-state index >= 15 is 0 Å². The van der Waals surface area contributed by atoms with Gasteiger partial charge in [-0.3, -0.25) is 9.36 Å². The van der Waals surface area contributed by atoms with Crippen LogP contribution in [0, 0.1) is 18.8 Å². The van der Waals surface area contributed by atoms with Crippen LogP contribution in [0.15, 0.2) is 16.5 Å². The Morgan fingerprint density at radius 3 is 2.79 bits per heavy atom. The van der Waals surface area contributed by atoms with E-state index < -0.39 is 12.3 Å². The van der Waals surface area contributed by atoms with Crippen LogP contribution in [0.2, 0.25) is 5.15 Å². The number of hydrogen-bond acceptors (Lipinski definition) is 7. The molecule has 1 aliphatic heterocycles. The fraction of sp³-hybridized carbons (Fsp3) is 0.520. The molecule has 1 aliphatic rings. The Balaban J connectivity index is 1.72. The summed E-state index contributed by atoms with van der Waals surface area (Å²) in [5.41, 5.74) is 0.869. The summed E-state index contributed by atoms with van der Waals surface area (Å²) < 4.78 is 19.1. The molecule has 9 heteroatoms. The van der Waals surface area contributed by atoms with Crippen LogP contribution >= 0.6 is 11.6 Å². The van der Waals surface area contributed by atoms with Crippen molar-refractivity contribution in [3.8, 4) is 23.4 Å². The first-order chi connectivity index (χ1) is 16.5. The molecule has 8 nitrogen and oxygen atoms in total. The number of rotatable bonds is 8. The lowest BCUT2D eigenvalue weighted by atomic mass is 10.1. The molecule has 3 aromatic heterocycles. The van der Waals surface area contributed by atoms with E-state index in [1.165, 1.54) is 32.6 Å². The molecule has 0 N–H and O–H groups in total. The number of ether oxygens (including phenoxy) is 2. The normalized spacial score (nSPS) is 17.6. The second-order valence-corrected chi connectivity index (χ2v) is 8.75. The summed E-state index contributed by atoms with van der Waals surface area (Å²) in [6, 6.07) is 3.67. The lowest BCUT2D eigenvalue weighted by molar-refractivity contribution is -0.151. The average molecular weight is 485 g/mol. The van der Waals surface area contributed by atoms with Gasteiger partial charge in [0.25, 0.3) is 0 Å². The van der Waals surface area contributed by atoms with Crippen LogP contribution in [-0.2, 0) is 14.3 Å². The molecule has 4 rings (SSSR count). The highest BCUT2D eigenvalue weighted by Crippen LogP contribution is 2.36. The summed E-state index contributed by atoms with van der Waals surface area (Å²) in [7, 11) is 0. The van der Waals surface area contributed by atoms with E-state index in [9.17, 15) is 4.79 Å². The van der Waals surface area contributed by atoms with Crippen molar-refractivity contribution in [2.24, 2.45) is 0 Å². The van der Waals surface area contributed by atoms with Gasteiger partial charge in [-0.25, -0.2) is 15.0 Å². The molecule has 4 heterocycles. The van der Waals surface area contributed by atoms with Crippen molar-refractivity contribution in [2.75, 3.05) is 6.61 Å². The van der Waals surface area contributed by atoms with Gasteiger partial charge < -0.3 is 13.9 Å². The number of furan rings is 1. The Morgan fingerprint density at radius 2 is 2.06 bits per heavy atom. The number of aryl methyl sites for hydroxylation is 1. The highest BCUT2D eigenvalue weighted by molar-refractivity contribution is 6.33. The molecular weight excluding hydrogens is 456 g/mol. The Hall–Kier alpha value is -2.89. The third kappa shape index (κ3) is 5.43. The summed E-state index contributed by atoms with van der Waals surface area (Å²) >= 11 is 6.51. The Bertz CT molecular complexity index is 1220.